The van der Waals surface area contributed by atoms with Gasteiger partial charge in [-0.3, -0.25) is 0 Å². The molecule has 1 saturated carbocycles. The molecule has 0 amide bonds. The molecule has 2 aliphatic rings. The predicted octanol–water partition coefficient (Wildman–Crippen LogP) is 3.53. The first kappa shape index (κ1) is 7.39. The molecule has 0 aromatic rings. The minimum Gasteiger partial charge on any atom is -0.0885 e. The normalized spacial score (nSPS) is 40.7. The smallest absolute Gasteiger partial charge is 0.0348 e. The second-order valence-corrected chi connectivity index (χ2v) is 4.08. The van der Waals surface area contributed by atoms with E-state index in [1.165, 1.54) is 44.9 Å². The lowest BCUT2D eigenvalue weighted by atomic mass is 9.69. The van der Waals surface area contributed by atoms with Crippen molar-refractivity contribution in [3.05, 3.63) is 12.2 Å². The quantitative estimate of drug-likeness (QED) is 0.463. The predicted molar refractivity (Wildman–Crippen MR) is 48.4 cm³/mol. The Kier molecular flexibility index (Phi) is 2.30. The van der Waals surface area contributed by atoms with E-state index in [1.54, 1.807) is 0 Å². The summed E-state index contributed by atoms with van der Waals surface area (Å²) in [5.41, 5.74) is 0. The SMILES string of the molecule is C1=C/CCC2CCC2CCC/1. The van der Waals surface area contributed by atoms with Gasteiger partial charge in [0.1, 0.15) is 0 Å². The van der Waals surface area contributed by atoms with E-state index < -0.39 is 0 Å². The zero-order valence-electron chi connectivity index (χ0n) is 7.26. The van der Waals surface area contributed by atoms with Gasteiger partial charge in [0.15, 0.2) is 0 Å². The van der Waals surface area contributed by atoms with Crippen molar-refractivity contribution in [1.29, 1.82) is 0 Å². The molecule has 0 aromatic carbocycles. The summed E-state index contributed by atoms with van der Waals surface area (Å²) in [6.07, 6.45) is 14.9. The summed E-state index contributed by atoms with van der Waals surface area (Å²) in [7, 11) is 0. The zero-order chi connectivity index (χ0) is 7.52. The highest BCUT2D eigenvalue weighted by Crippen LogP contribution is 2.41. The Labute approximate surface area is 69.7 Å². The summed E-state index contributed by atoms with van der Waals surface area (Å²) >= 11 is 0. The summed E-state index contributed by atoms with van der Waals surface area (Å²) in [5, 5.41) is 0. The second-order valence-electron chi connectivity index (χ2n) is 4.08. The van der Waals surface area contributed by atoms with Crippen LogP contribution < -0.4 is 0 Å². The third kappa shape index (κ3) is 1.66. The summed E-state index contributed by atoms with van der Waals surface area (Å²) in [6, 6.07) is 0. The van der Waals surface area contributed by atoms with E-state index in [1.807, 2.05) is 0 Å². The fourth-order valence-electron chi connectivity index (χ4n) is 2.44. The van der Waals surface area contributed by atoms with Crippen molar-refractivity contribution in [1.82, 2.24) is 0 Å². The fourth-order valence-corrected chi connectivity index (χ4v) is 2.44. The lowest BCUT2D eigenvalue weighted by Crippen LogP contribution is -2.25. The Balaban J connectivity index is 1.87. The molecule has 0 spiro atoms. The van der Waals surface area contributed by atoms with E-state index in [9.17, 15) is 0 Å². The van der Waals surface area contributed by atoms with Crippen molar-refractivity contribution >= 4 is 0 Å². The maximum absolute atomic E-state index is 2.39. The van der Waals surface area contributed by atoms with Crippen molar-refractivity contribution in [3.8, 4) is 0 Å². The summed E-state index contributed by atoms with van der Waals surface area (Å²) in [4.78, 5) is 0. The molecule has 2 unspecified atom stereocenters. The first-order chi connectivity index (χ1) is 5.47. The topological polar surface area (TPSA) is 0 Å². The lowest BCUT2D eigenvalue weighted by Gasteiger charge is -2.36. The standard InChI is InChI=1S/C11H18/c1-2-4-6-10-8-9-11(10)7-5-3-1/h1-2,10-11H,3-9H2/b2-1+. The number of allylic oxidation sites excluding steroid dienone is 2. The molecule has 62 valence electrons. The highest BCUT2D eigenvalue weighted by molar-refractivity contribution is 4.89. The number of fused-ring (bicyclic) bond motifs is 1. The Bertz CT molecular complexity index is 146. The molecular weight excluding hydrogens is 132 g/mol. The van der Waals surface area contributed by atoms with Crippen molar-refractivity contribution < 1.29 is 0 Å². The Morgan fingerprint density at radius 1 is 0.727 bits per heavy atom. The van der Waals surface area contributed by atoms with Crippen LogP contribution in [0.2, 0.25) is 0 Å². The van der Waals surface area contributed by atoms with Gasteiger partial charge >= 0.3 is 0 Å². The minimum absolute atomic E-state index is 1.11. The maximum Gasteiger partial charge on any atom is -0.0348 e. The summed E-state index contributed by atoms with van der Waals surface area (Å²) in [6.45, 7) is 0. The number of hydrogen-bond donors (Lipinski definition) is 0. The van der Waals surface area contributed by atoms with Crippen LogP contribution in [0.5, 0.6) is 0 Å². The van der Waals surface area contributed by atoms with Gasteiger partial charge in [-0.2, -0.15) is 0 Å². The molecule has 2 rings (SSSR count). The van der Waals surface area contributed by atoms with Crippen molar-refractivity contribution in [3.63, 3.8) is 0 Å². The third-order valence-electron chi connectivity index (χ3n) is 3.39. The zero-order valence-corrected chi connectivity index (χ0v) is 7.26. The molecule has 0 saturated heterocycles. The first-order valence-corrected chi connectivity index (χ1v) is 5.12. The summed E-state index contributed by atoms with van der Waals surface area (Å²) in [5.74, 6) is 2.23. The lowest BCUT2D eigenvalue weighted by molar-refractivity contribution is 0.153. The van der Waals surface area contributed by atoms with Gasteiger partial charge in [0.05, 0.1) is 0 Å². The van der Waals surface area contributed by atoms with Gasteiger partial charge in [-0.25, -0.2) is 0 Å². The maximum atomic E-state index is 2.39. The van der Waals surface area contributed by atoms with E-state index in [0.717, 1.165) is 11.8 Å². The Hall–Kier alpha value is -0.260. The van der Waals surface area contributed by atoms with Gasteiger partial charge in [0.2, 0.25) is 0 Å². The fraction of sp³-hybridized carbons (Fsp3) is 0.818. The van der Waals surface area contributed by atoms with Gasteiger partial charge in [-0.05, 0) is 56.8 Å². The van der Waals surface area contributed by atoms with Crippen molar-refractivity contribution in [2.75, 3.05) is 0 Å². The van der Waals surface area contributed by atoms with Gasteiger partial charge in [-0.1, -0.05) is 12.2 Å². The molecule has 0 bridgehead atoms. The van der Waals surface area contributed by atoms with Gasteiger partial charge in [-0.15, -0.1) is 0 Å². The number of hydrogen-bond acceptors (Lipinski definition) is 0. The van der Waals surface area contributed by atoms with E-state index >= 15 is 0 Å². The highest BCUT2D eigenvalue weighted by atomic mass is 14.3. The minimum atomic E-state index is 1.11. The van der Waals surface area contributed by atoms with Gasteiger partial charge < -0.3 is 0 Å². The molecule has 2 aliphatic carbocycles. The van der Waals surface area contributed by atoms with Crippen LogP contribution in [0.3, 0.4) is 0 Å². The van der Waals surface area contributed by atoms with Crippen LogP contribution in [-0.2, 0) is 0 Å². The van der Waals surface area contributed by atoms with Crippen LogP contribution in [-0.4, -0.2) is 0 Å². The average molecular weight is 150 g/mol. The largest absolute Gasteiger partial charge is 0.0885 e. The average Bonchev–Trinajstić information content (AvgIpc) is 2.04. The van der Waals surface area contributed by atoms with Crippen LogP contribution in [0, 0.1) is 11.8 Å². The van der Waals surface area contributed by atoms with Gasteiger partial charge in [0, 0.05) is 0 Å². The number of rotatable bonds is 0. The molecule has 2 atom stereocenters. The molecule has 0 aliphatic heterocycles. The van der Waals surface area contributed by atoms with E-state index in [0.29, 0.717) is 0 Å². The molecular formula is C11H18. The monoisotopic (exact) mass is 150 g/mol. The summed E-state index contributed by atoms with van der Waals surface area (Å²) < 4.78 is 0. The first-order valence-electron chi connectivity index (χ1n) is 5.12. The Morgan fingerprint density at radius 3 is 2.27 bits per heavy atom. The van der Waals surface area contributed by atoms with Gasteiger partial charge in [0.25, 0.3) is 0 Å². The molecule has 11 heavy (non-hydrogen) atoms. The Morgan fingerprint density at radius 2 is 1.45 bits per heavy atom. The van der Waals surface area contributed by atoms with E-state index in [-0.39, 0.29) is 0 Å². The van der Waals surface area contributed by atoms with Crippen LogP contribution >= 0.6 is 0 Å². The van der Waals surface area contributed by atoms with Crippen LogP contribution in [0.25, 0.3) is 0 Å². The van der Waals surface area contributed by atoms with Crippen molar-refractivity contribution in [2.24, 2.45) is 11.8 Å². The van der Waals surface area contributed by atoms with Crippen LogP contribution in [0.1, 0.15) is 44.9 Å². The highest BCUT2D eigenvalue weighted by Gasteiger charge is 2.29. The second kappa shape index (κ2) is 3.42. The molecule has 0 N–H and O–H groups in total. The van der Waals surface area contributed by atoms with E-state index in [4.69, 9.17) is 0 Å². The molecule has 0 heterocycles. The van der Waals surface area contributed by atoms with Crippen LogP contribution in [0.15, 0.2) is 12.2 Å². The van der Waals surface area contributed by atoms with Crippen LogP contribution in [0.4, 0.5) is 0 Å². The van der Waals surface area contributed by atoms with Crippen molar-refractivity contribution in [2.45, 2.75) is 44.9 Å². The van der Waals surface area contributed by atoms with E-state index in [2.05, 4.69) is 12.2 Å². The molecule has 0 heteroatoms. The molecule has 0 radical (unpaired) electrons. The third-order valence-corrected chi connectivity index (χ3v) is 3.39. The molecule has 0 nitrogen and oxygen atoms in total. The molecule has 0 aromatic heterocycles. The molecule has 1 fully saturated rings.